The Morgan fingerprint density at radius 3 is 1.55 bits per heavy atom. The number of carboxylic acid groups (broad SMARTS) is 7. The van der Waals surface area contributed by atoms with Crippen molar-refractivity contribution < 1.29 is 126 Å². The lowest BCUT2D eigenvalue weighted by atomic mass is 9.90. The fourth-order valence-electron chi connectivity index (χ4n) is 12.4. The zero-order valence-electron chi connectivity index (χ0n) is 62.6. The fraction of sp³-hybridized carbons (Fsp3) is 0.676. The third-order valence-corrected chi connectivity index (χ3v) is 28.4. The minimum atomic E-state index is -4.08. The zero-order chi connectivity index (χ0) is 82.0. The van der Waals surface area contributed by atoms with Crippen LogP contribution in [0.4, 0.5) is 4.11 Å². The number of carbonyl (C=O) groups excluding carboxylic acids is 7. The smallest absolute Gasteiger partial charge is 0.326 e. The summed E-state index contributed by atoms with van der Waals surface area (Å²) in [4.78, 5) is 200. The molecule has 1 aromatic heterocycles. The predicted octanol–water partition coefficient (Wildman–Crippen LogP) is 3.67. The number of carboxylic acids is 7. The van der Waals surface area contributed by atoms with Crippen LogP contribution < -0.4 is 31.8 Å². The van der Waals surface area contributed by atoms with Crippen LogP contribution in [0.3, 0.4) is 0 Å². The van der Waals surface area contributed by atoms with Gasteiger partial charge in [-0.1, -0.05) is 65.3 Å². The number of benzene rings is 1. The highest BCUT2D eigenvalue weighted by Crippen LogP contribution is 2.51. The van der Waals surface area contributed by atoms with E-state index < -0.39 is 204 Å². The maximum absolute atomic E-state index is 17.2. The van der Waals surface area contributed by atoms with Crippen molar-refractivity contribution in [2.45, 2.75) is 192 Å². The first kappa shape index (κ1) is 95.4. The molecule has 5 amide bonds. The van der Waals surface area contributed by atoms with Crippen LogP contribution in [0.15, 0.2) is 30.5 Å². The molecule has 1 saturated heterocycles. The minimum absolute atomic E-state index is 0.0286. The number of amides is 5. The number of aliphatic carboxylic acids is 7. The number of hydrogen-bond donors (Lipinski definition) is 14. The number of ketones is 2. The normalized spacial score (nSPS) is 16.1. The highest BCUT2D eigenvalue weighted by molar-refractivity contribution is 7.58. The third kappa shape index (κ3) is 36.3. The summed E-state index contributed by atoms with van der Waals surface area (Å²) >= 11 is 0. The van der Waals surface area contributed by atoms with E-state index in [2.05, 4.69) is 36.9 Å². The molecule has 3 rings (SSSR count). The molecular formula is C68H109FN11O25P3Si. The van der Waals surface area contributed by atoms with Gasteiger partial charge in [0.2, 0.25) is 38.4 Å². The van der Waals surface area contributed by atoms with Gasteiger partial charge in [-0.2, -0.15) is 0 Å². The summed E-state index contributed by atoms with van der Waals surface area (Å²) in [6.45, 7) is 12.0. The number of Topliss-reactive ketones (excluding diaryl/α,β-unsaturated/α-hetero) is 2. The molecule has 41 heteroatoms. The molecule has 0 spiro atoms. The van der Waals surface area contributed by atoms with Crippen LogP contribution in [0, 0.1) is 11.8 Å². The Hall–Kier alpha value is -7.82. The molecule has 0 saturated carbocycles. The molecule has 14 N–H and O–H groups in total. The molecule has 8 atom stereocenters. The summed E-state index contributed by atoms with van der Waals surface area (Å²) in [6.07, 6.45) is -3.46. The fourth-order valence-corrected chi connectivity index (χ4v) is 21.4. The molecule has 109 heavy (non-hydrogen) atoms. The SMILES string of the molecule is CC(C)(C)[Si]([18F])(c1ccc(C(=O)NCC(C(=O)NC(CCCCNC(=O)CCC(=O)CCCCC(NC(=O)CC[C@H](CC(=O)C[C@@H](CCC(=O)O)C(=O)O)C(=O)O)C(=O)O)C(=O)O)n2cc(CNC(=O)CCP(=O)(O)CN3CCN(CPCCC(=O)O)CCN(CP(=O)(O)CCC(=O)O)CC3)nn2)cc1)C(C)(C)C. The van der Waals surface area contributed by atoms with Gasteiger partial charge in [-0.25, -0.2) is 14.3 Å². The maximum Gasteiger partial charge on any atom is 0.326 e. The first-order valence-electron chi connectivity index (χ1n) is 36.0. The zero-order valence-corrected chi connectivity index (χ0v) is 66.4. The van der Waals surface area contributed by atoms with Gasteiger partial charge in [-0.3, -0.25) is 81.4 Å². The molecule has 1 fully saturated rings. The quantitative estimate of drug-likeness (QED) is 0.0194. The number of aromatic nitrogens is 3. The molecule has 2 aromatic rings. The largest absolute Gasteiger partial charge is 0.481 e. The van der Waals surface area contributed by atoms with Gasteiger partial charge in [0, 0.05) is 134 Å². The molecule has 6 unspecified atom stereocenters. The molecular weight excluding hydrogens is 1510 g/mol. The summed E-state index contributed by atoms with van der Waals surface area (Å²) < 4.78 is 45.0. The summed E-state index contributed by atoms with van der Waals surface area (Å²) in [5.41, 5.74) is 0.181. The average molecular weight is 1620 g/mol. The van der Waals surface area contributed by atoms with Crippen LogP contribution in [-0.2, 0) is 78.0 Å². The Bertz CT molecular complexity index is 3550. The third-order valence-electron chi connectivity index (χ3n) is 18.4. The second-order valence-electron chi connectivity index (χ2n) is 29.4. The maximum atomic E-state index is 17.2. The van der Waals surface area contributed by atoms with Gasteiger partial charge in [-0.05, 0) is 78.5 Å². The number of nitrogens with one attached hydrogen (secondary N) is 5. The Kier molecular flexibility index (Phi) is 40.4. The van der Waals surface area contributed by atoms with E-state index >= 15 is 4.11 Å². The van der Waals surface area contributed by atoms with E-state index in [1.807, 2.05) is 46.4 Å². The molecule has 612 valence electrons. The van der Waals surface area contributed by atoms with E-state index in [0.717, 1.165) is 4.68 Å². The van der Waals surface area contributed by atoms with Crippen LogP contribution in [0.5, 0.6) is 0 Å². The van der Waals surface area contributed by atoms with Crippen molar-refractivity contribution in [1.82, 2.24) is 56.3 Å². The standard InChI is InChI=1S/C68H109FN11O25P3Si/c1-67(2,3)109(69,68(4,5)6)51-19-14-45(15-20-51)61(92)72-40-54(80-41-48(75-76-80)39-71-56(84)25-35-107(102,103)43-78-30-28-77(42-106-34-24-59(88)89)29-31-79(33-32-78)44-108(104,105)36-26-60(90)91)62(93)74-53(66(100)101)13-9-10-27-70-55(83)22-18-49(81)11-7-8-12-52(65(98)99)73-57(85)21-16-46(63(94)95)37-50(82)38-47(64(96)97)17-23-58(86)87/h14-15,19-20,41,46-47,52-54,106H,7-13,16-18,21-40,42-44H2,1-6H3,(H,70,83)(H,71,84)(H,72,92)(H,73,85)(H,74,93)(H,86,87)(H,88,89)(H,90,91)(H,94,95)(H,96,97)(H,98,99)(H,100,101)(H,102,103)(H,104,105)/t46-,47-,52?,53?,54?/m1/s1/i69-1. The molecule has 0 radical (unpaired) electrons. The lowest BCUT2D eigenvalue weighted by molar-refractivity contribution is -0.146. The summed E-state index contributed by atoms with van der Waals surface area (Å²) in [5.74, 6) is -16.7. The summed E-state index contributed by atoms with van der Waals surface area (Å²) in [5, 5.41) is 85.8. The van der Waals surface area contributed by atoms with Gasteiger partial charge in [0.1, 0.15) is 35.4 Å². The molecule has 36 nitrogen and oxygen atoms in total. The van der Waals surface area contributed by atoms with E-state index in [4.69, 9.17) is 15.3 Å². The molecule has 2 heterocycles. The van der Waals surface area contributed by atoms with Crippen LogP contribution in [0.25, 0.3) is 0 Å². The van der Waals surface area contributed by atoms with Gasteiger partial charge in [0.05, 0.1) is 43.6 Å². The van der Waals surface area contributed by atoms with E-state index in [-0.39, 0.29) is 135 Å². The van der Waals surface area contributed by atoms with Crippen LogP contribution in [0.1, 0.15) is 179 Å². The second-order valence-corrected chi connectivity index (χ2v) is 40.4. The van der Waals surface area contributed by atoms with Crippen molar-refractivity contribution in [2.24, 2.45) is 11.8 Å². The molecule has 0 bridgehead atoms. The molecule has 1 aliphatic heterocycles. The first-order chi connectivity index (χ1) is 50.8. The number of halogens is 1. The number of rotatable bonds is 52. The van der Waals surface area contributed by atoms with Crippen LogP contribution in [-0.4, -0.2) is 268 Å². The molecule has 1 aromatic carbocycles. The van der Waals surface area contributed by atoms with Crippen molar-refractivity contribution in [2.75, 3.05) is 89.7 Å². The summed E-state index contributed by atoms with van der Waals surface area (Å²) in [7, 11) is -11.5. The average Bonchev–Trinajstić information content (AvgIpc) is 0.940. The Labute approximate surface area is 634 Å². The van der Waals surface area contributed by atoms with Crippen LogP contribution in [0.2, 0.25) is 10.1 Å². The van der Waals surface area contributed by atoms with Gasteiger partial charge in [0.15, 0.2) is 0 Å². The Balaban J connectivity index is 1.62. The topological polar surface area (TPSA) is 556 Å². The predicted molar refractivity (Wildman–Crippen MR) is 398 cm³/mol. The Morgan fingerprint density at radius 2 is 1.04 bits per heavy atom. The van der Waals surface area contributed by atoms with Gasteiger partial charge in [-0.15, -0.1) is 13.7 Å². The van der Waals surface area contributed by atoms with E-state index in [1.54, 1.807) is 21.9 Å². The molecule has 0 aliphatic carbocycles. The minimum Gasteiger partial charge on any atom is -0.481 e. The van der Waals surface area contributed by atoms with E-state index in [9.17, 15) is 106 Å². The highest BCUT2D eigenvalue weighted by atomic mass is 31.2. The van der Waals surface area contributed by atoms with Crippen molar-refractivity contribution in [3.8, 4) is 0 Å². The number of hydrogen-bond acceptors (Lipinski definition) is 21. The lowest BCUT2D eigenvalue weighted by Crippen LogP contribution is -2.57. The van der Waals surface area contributed by atoms with Crippen molar-refractivity contribution >= 4 is 120 Å². The number of unbranched alkanes of at least 4 members (excludes halogenated alkanes) is 2. The van der Waals surface area contributed by atoms with Crippen molar-refractivity contribution in [3.63, 3.8) is 0 Å². The monoisotopic (exact) mass is 1620 g/mol. The van der Waals surface area contributed by atoms with Gasteiger partial charge in [0.25, 0.3) is 14.3 Å². The Morgan fingerprint density at radius 1 is 0.541 bits per heavy atom. The number of nitrogens with zero attached hydrogens (tertiary/aromatic N) is 6. The van der Waals surface area contributed by atoms with Crippen molar-refractivity contribution in [3.05, 3.63) is 41.7 Å². The van der Waals surface area contributed by atoms with Gasteiger partial charge < -0.3 is 76.2 Å². The van der Waals surface area contributed by atoms with Gasteiger partial charge >= 0.3 is 41.8 Å². The van der Waals surface area contributed by atoms with E-state index in [0.29, 0.717) is 43.8 Å². The molecule has 1 aliphatic rings. The highest BCUT2D eigenvalue weighted by Gasteiger charge is 2.56. The second kappa shape index (κ2) is 46.1. The van der Waals surface area contributed by atoms with Crippen molar-refractivity contribution in [1.29, 1.82) is 0 Å². The first-order valence-corrected chi connectivity index (χ1v) is 43.4. The lowest BCUT2D eigenvalue weighted by Gasteiger charge is -2.44. The summed E-state index contributed by atoms with van der Waals surface area (Å²) in [6, 6.07) is 1.62. The van der Waals surface area contributed by atoms with E-state index in [1.165, 1.54) is 18.3 Å². The van der Waals surface area contributed by atoms with Crippen LogP contribution >= 0.6 is 23.3 Å². The number of carbonyl (C=O) groups is 14.